The number of methoxy groups -OCH3 is 2. The molecular weight excluding hydrogens is 523 g/mol. The van der Waals surface area contributed by atoms with E-state index in [1.54, 1.807) is 62.4 Å². The SMILES string of the molecule is COc1ccc(OC)c(NC(=O)CN(Cc2ccc(Cl)c(Cl)c2)S(=O)(=O)c2c(C)cc(C)cc2C)c1. The summed E-state index contributed by atoms with van der Waals surface area (Å²) in [6, 6.07) is 13.4. The van der Waals surface area contributed by atoms with Gasteiger partial charge in [-0.1, -0.05) is 47.0 Å². The van der Waals surface area contributed by atoms with E-state index < -0.39 is 22.5 Å². The average molecular weight is 551 g/mol. The van der Waals surface area contributed by atoms with E-state index in [9.17, 15) is 13.2 Å². The highest BCUT2D eigenvalue weighted by molar-refractivity contribution is 7.89. The highest BCUT2D eigenvalue weighted by atomic mass is 35.5. The van der Waals surface area contributed by atoms with Gasteiger partial charge in [0.05, 0.1) is 41.4 Å². The lowest BCUT2D eigenvalue weighted by Crippen LogP contribution is -2.38. The Morgan fingerprint density at radius 2 is 1.58 bits per heavy atom. The van der Waals surface area contributed by atoms with E-state index in [0.29, 0.717) is 43.9 Å². The van der Waals surface area contributed by atoms with Crippen LogP contribution in [0, 0.1) is 20.8 Å². The largest absolute Gasteiger partial charge is 0.497 e. The lowest BCUT2D eigenvalue weighted by Gasteiger charge is -2.24. The number of rotatable bonds is 9. The van der Waals surface area contributed by atoms with Crippen LogP contribution in [-0.4, -0.2) is 39.4 Å². The van der Waals surface area contributed by atoms with Crippen LogP contribution in [0.5, 0.6) is 11.5 Å². The fraction of sp³-hybridized carbons (Fsp3) is 0.269. The van der Waals surface area contributed by atoms with Gasteiger partial charge in [-0.2, -0.15) is 4.31 Å². The topological polar surface area (TPSA) is 84.9 Å². The number of carbonyl (C=O) groups excluding carboxylic acids is 1. The molecule has 36 heavy (non-hydrogen) atoms. The summed E-state index contributed by atoms with van der Waals surface area (Å²) in [7, 11) is -1.10. The van der Waals surface area contributed by atoms with Crippen LogP contribution in [0.15, 0.2) is 53.4 Å². The molecule has 3 aromatic rings. The van der Waals surface area contributed by atoms with Gasteiger partial charge in [-0.15, -0.1) is 0 Å². The Labute approximate surface area is 222 Å². The van der Waals surface area contributed by atoms with E-state index in [4.69, 9.17) is 32.7 Å². The first-order chi connectivity index (χ1) is 17.0. The third-order valence-corrected chi connectivity index (χ3v) is 8.38. The van der Waals surface area contributed by atoms with E-state index in [0.717, 1.165) is 9.87 Å². The minimum Gasteiger partial charge on any atom is -0.497 e. The first-order valence-corrected chi connectivity index (χ1v) is 13.2. The van der Waals surface area contributed by atoms with Crippen LogP contribution in [0.4, 0.5) is 5.69 Å². The Hall–Kier alpha value is -2.78. The number of halogens is 2. The summed E-state index contributed by atoms with van der Waals surface area (Å²) in [6.07, 6.45) is 0. The quantitative estimate of drug-likeness (QED) is 0.365. The van der Waals surface area contributed by atoms with E-state index in [1.165, 1.54) is 14.2 Å². The maximum absolute atomic E-state index is 13.9. The van der Waals surface area contributed by atoms with Gasteiger partial charge in [0.2, 0.25) is 15.9 Å². The maximum atomic E-state index is 13.9. The number of nitrogens with zero attached hydrogens (tertiary/aromatic N) is 1. The highest BCUT2D eigenvalue weighted by Gasteiger charge is 2.30. The van der Waals surface area contributed by atoms with Gasteiger partial charge in [0.15, 0.2) is 0 Å². The van der Waals surface area contributed by atoms with Gasteiger partial charge in [0.25, 0.3) is 0 Å². The van der Waals surface area contributed by atoms with Crippen molar-refractivity contribution in [1.82, 2.24) is 4.31 Å². The molecule has 0 atom stereocenters. The molecule has 0 fully saturated rings. The molecule has 1 amide bonds. The van der Waals surface area contributed by atoms with Crippen molar-refractivity contribution in [3.05, 3.63) is 80.8 Å². The predicted octanol–water partition coefficient (Wildman–Crippen LogP) is 5.77. The number of hydrogen-bond donors (Lipinski definition) is 1. The molecule has 10 heteroatoms. The fourth-order valence-corrected chi connectivity index (χ4v) is 6.15. The Morgan fingerprint density at radius 3 is 2.17 bits per heavy atom. The molecule has 0 bridgehead atoms. The van der Waals surface area contributed by atoms with Gasteiger partial charge < -0.3 is 14.8 Å². The monoisotopic (exact) mass is 550 g/mol. The summed E-state index contributed by atoms with van der Waals surface area (Å²) in [5, 5.41) is 3.38. The van der Waals surface area contributed by atoms with Crippen LogP contribution in [0.2, 0.25) is 10.0 Å². The second-order valence-electron chi connectivity index (χ2n) is 8.36. The number of nitrogens with one attached hydrogen (secondary N) is 1. The predicted molar refractivity (Wildman–Crippen MR) is 143 cm³/mol. The molecular formula is C26H28Cl2N2O5S. The van der Waals surface area contributed by atoms with Gasteiger partial charge in [-0.25, -0.2) is 8.42 Å². The van der Waals surface area contributed by atoms with Crippen molar-refractivity contribution in [1.29, 1.82) is 0 Å². The second kappa shape index (κ2) is 11.5. The summed E-state index contributed by atoms with van der Waals surface area (Å²) in [6.45, 7) is 4.85. The minimum atomic E-state index is -4.08. The van der Waals surface area contributed by atoms with Crippen LogP contribution >= 0.6 is 23.2 Å². The third-order valence-electron chi connectivity index (χ3n) is 5.55. The Bertz CT molecular complexity index is 1370. The highest BCUT2D eigenvalue weighted by Crippen LogP contribution is 2.31. The van der Waals surface area contributed by atoms with Gasteiger partial charge in [0.1, 0.15) is 11.5 Å². The zero-order valence-corrected chi connectivity index (χ0v) is 23.0. The molecule has 0 aliphatic carbocycles. The normalized spacial score (nSPS) is 11.4. The molecule has 3 aromatic carbocycles. The molecule has 0 aliphatic rings. The van der Waals surface area contributed by atoms with Crippen molar-refractivity contribution in [2.75, 3.05) is 26.1 Å². The molecule has 0 aromatic heterocycles. The number of carbonyl (C=O) groups is 1. The Morgan fingerprint density at radius 1 is 0.917 bits per heavy atom. The summed E-state index contributed by atoms with van der Waals surface area (Å²) in [4.78, 5) is 13.3. The van der Waals surface area contributed by atoms with Crippen molar-refractivity contribution in [3.63, 3.8) is 0 Å². The molecule has 0 spiro atoms. The first-order valence-electron chi connectivity index (χ1n) is 11.0. The maximum Gasteiger partial charge on any atom is 0.244 e. The van der Waals surface area contributed by atoms with Crippen LogP contribution in [0.1, 0.15) is 22.3 Å². The molecule has 0 unspecified atom stereocenters. The van der Waals surface area contributed by atoms with Crippen molar-refractivity contribution in [2.45, 2.75) is 32.2 Å². The molecule has 0 saturated carbocycles. The van der Waals surface area contributed by atoms with Crippen molar-refractivity contribution < 1.29 is 22.7 Å². The van der Waals surface area contributed by atoms with E-state index >= 15 is 0 Å². The molecule has 0 saturated heterocycles. The number of amides is 1. The lowest BCUT2D eigenvalue weighted by molar-refractivity contribution is -0.116. The van der Waals surface area contributed by atoms with Crippen LogP contribution < -0.4 is 14.8 Å². The zero-order chi connectivity index (χ0) is 26.6. The number of aryl methyl sites for hydroxylation is 3. The summed E-state index contributed by atoms with van der Waals surface area (Å²) in [5.41, 5.74) is 3.09. The van der Waals surface area contributed by atoms with Gasteiger partial charge in [0, 0.05) is 12.6 Å². The zero-order valence-electron chi connectivity index (χ0n) is 20.7. The number of sulfonamides is 1. The smallest absolute Gasteiger partial charge is 0.244 e. The third kappa shape index (κ3) is 6.31. The minimum absolute atomic E-state index is 0.0886. The van der Waals surface area contributed by atoms with Crippen molar-refractivity contribution >= 4 is 44.8 Å². The van der Waals surface area contributed by atoms with E-state index in [1.807, 2.05) is 6.92 Å². The number of benzene rings is 3. The van der Waals surface area contributed by atoms with Crippen LogP contribution in [0.25, 0.3) is 0 Å². The number of anilines is 1. The average Bonchev–Trinajstić information content (AvgIpc) is 2.80. The van der Waals surface area contributed by atoms with Gasteiger partial charge in [-0.05, 0) is 61.7 Å². The standard InChI is InChI=1S/C26H28Cl2N2O5S/c1-16-10-17(2)26(18(3)11-16)36(32,33)30(14-19-6-8-21(27)22(28)12-19)15-25(31)29-23-13-20(34-4)7-9-24(23)35-5/h6-13H,14-15H2,1-5H3,(H,29,31). The first kappa shape index (κ1) is 27.8. The lowest BCUT2D eigenvalue weighted by atomic mass is 10.1. The molecule has 0 radical (unpaired) electrons. The van der Waals surface area contributed by atoms with Gasteiger partial charge in [-0.3, -0.25) is 4.79 Å². The number of ether oxygens (including phenoxy) is 2. The molecule has 3 rings (SSSR count). The summed E-state index contributed by atoms with van der Waals surface area (Å²) >= 11 is 12.2. The van der Waals surface area contributed by atoms with Gasteiger partial charge >= 0.3 is 0 Å². The molecule has 7 nitrogen and oxygen atoms in total. The Kier molecular flexibility index (Phi) is 8.89. The molecule has 1 N–H and O–H groups in total. The summed E-state index contributed by atoms with van der Waals surface area (Å²) in [5.74, 6) is 0.373. The number of hydrogen-bond acceptors (Lipinski definition) is 5. The van der Waals surface area contributed by atoms with Crippen LogP contribution in [-0.2, 0) is 21.4 Å². The molecule has 0 aliphatic heterocycles. The fourth-order valence-electron chi connectivity index (χ4n) is 4.03. The van der Waals surface area contributed by atoms with E-state index in [2.05, 4.69) is 5.32 Å². The van der Waals surface area contributed by atoms with Crippen LogP contribution in [0.3, 0.4) is 0 Å². The van der Waals surface area contributed by atoms with E-state index in [-0.39, 0.29) is 11.4 Å². The van der Waals surface area contributed by atoms with Crippen molar-refractivity contribution in [2.24, 2.45) is 0 Å². The molecule has 192 valence electrons. The second-order valence-corrected chi connectivity index (χ2v) is 11.1. The summed E-state index contributed by atoms with van der Waals surface area (Å²) < 4.78 is 39.5. The Balaban J connectivity index is 2.00. The van der Waals surface area contributed by atoms with Crippen molar-refractivity contribution in [3.8, 4) is 11.5 Å². The molecule has 0 heterocycles.